The number of hydrogen-bond donors (Lipinski definition) is 1. The quantitative estimate of drug-likeness (QED) is 0.910. The van der Waals surface area contributed by atoms with Crippen LogP contribution >= 0.6 is 0 Å². The molecule has 0 radical (unpaired) electrons. The Bertz CT molecular complexity index is 491. The monoisotopic (exact) mass is 289 g/mol. The van der Waals surface area contributed by atoms with Crippen LogP contribution in [0.5, 0.6) is 0 Å². The van der Waals surface area contributed by atoms with Crippen LogP contribution in [-0.2, 0) is 16.0 Å². The molecule has 5 nitrogen and oxygen atoms in total. The molecule has 21 heavy (non-hydrogen) atoms. The van der Waals surface area contributed by atoms with Gasteiger partial charge in [0.15, 0.2) is 0 Å². The van der Waals surface area contributed by atoms with Crippen molar-refractivity contribution in [2.75, 3.05) is 38.0 Å². The summed E-state index contributed by atoms with van der Waals surface area (Å²) in [5.74, 6) is 0.120. The van der Waals surface area contributed by atoms with Gasteiger partial charge in [0.05, 0.1) is 0 Å². The zero-order chi connectivity index (χ0) is 15.2. The second-order valence-corrected chi connectivity index (χ2v) is 5.48. The van der Waals surface area contributed by atoms with Crippen LogP contribution in [0.2, 0.25) is 0 Å². The lowest BCUT2D eigenvalue weighted by molar-refractivity contribution is -0.130. The summed E-state index contributed by atoms with van der Waals surface area (Å²) in [6, 6.07) is 7.98. The first-order chi connectivity index (χ1) is 10.0. The first-order valence-electron chi connectivity index (χ1n) is 7.39. The SMILES string of the molecule is CC(=O)Nc1ccc(CCN2CCN(C(C)=O)CC2)cc1. The van der Waals surface area contributed by atoms with Gasteiger partial charge in [0.2, 0.25) is 11.8 Å². The van der Waals surface area contributed by atoms with E-state index < -0.39 is 0 Å². The molecule has 114 valence electrons. The predicted octanol–water partition coefficient (Wildman–Crippen LogP) is 1.35. The van der Waals surface area contributed by atoms with Crippen LogP contribution in [0.3, 0.4) is 0 Å². The molecule has 0 spiro atoms. The highest BCUT2D eigenvalue weighted by Crippen LogP contribution is 2.11. The van der Waals surface area contributed by atoms with Crippen molar-refractivity contribution in [1.29, 1.82) is 0 Å². The van der Waals surface area contributed by atoms with Crippen LogP contribution in [-0.4, -0.2) is 54.3 Å². The van der Waals surface area contributed by atoms with E-state index in [2.05, 4.69) is 22.3 Å². The number of carbonyl (C=O) groups excluding carboxylic acids is 2. The molecule has 1 aliphatic rings. The van der Waals surface area contributed by atoms with Gasteiger partial charge in [-0.2, -0.15) is 0 Å². The lowest BCUT2D eigenvalue weighted by Crippen LogP contribution is -2.48. The lowest BCUT2D eigenvalue weighted by atomic mass is 10.1. The molecule has 0 aliphatic carbocycles. The van der Waals surface area contributed by atoms with Crippen molar-refractivity contribution in [1.82, 2.24) is 9.80 Å². The van der Waals surface area contributed by atoms with Gasteiger partial charge in [-0.15, -0.1) is 0 Å². The van der Waals surface area contributed by atoms with Crippen molar-refractivity contribution in [2.45, 2.75) is 20.3 Å². The van der Waals surface area contributed by atoms with Crippen LogP contribution in [0.4, 0.5) is 5.69 Å². The molecule has 0 saturated carbocycles. The summed E-state index contributed by atoms with van der Waals surface area (Å²) in [6.45, 7) is 7.70. The molecule has 0 bridgehead atoms. The van der Waals surface area contributed by atoms with Crippen molar-refractivity contribution in [2.24, 2.45) is 0 Å². The fourth-order valence-electron chi connectivity index (χ4n) is 2.53. The zero-order valence-corrected chi connectivity index (χ0v) is 12.8. The highest BCUT2D eigenvalue weighted by molar-refractivity contribution is 5.88. The summed E-state index contributed by atoms with van der Waals surface area (Å²) in [5.41, 5.74) is 2.10. The number of nitrogens with one attached hydrogen (secondary N) is 1. The molecular formula is C16H23N3O2. The van der Waals surface area contributed by atoms with E-state index in [1.54, 1.807) is 6.92 Å². The Morgan fingerprint density at radius 2 is 1.67 bits per heavy atom. The average molecular weight is 289 g/mol. The smallest absolute Gasteiger partial charge is 0.221 e. The summed E-state index contributed by atoms with van der Waals surface area (Å²) in [7, 11) is 0. The van der Waals surface area contributed by atoms with Crippen LogP contribution in [0.15, 0.2) is 24.3 Å². The van der Waals surface area contributed by atoms with Crippen LogP contribution in [0.1, 0.15) is 19.4 Å². The molecule has 2 rings (SSSR count). The second kappa shape index (κ2) is 7.22. The maximum atomic E-state index is 11.3. The van der Waals surface area contributed by atoms with E-state index in [1.165, 1.54) is 12.5 Å². The Morgan fingerprint density at radius 1 is 1.05 bits per heavy atom. The summed E-state index contributed by atoms with van der Waals surface area (Å²) in [5, 5.41) is 2.77. The zero-order valence-electron chi connectivity index (χ0n) is 12.8. The summed E-state index contributed by atoms with van der Waals surface area (Å²) in [6.07, 6.45) is 0.987. The van der Waals surface area contributed by atoms with E-state index in [9.17, 15) is 9.59 Å². The van der Waals surface area contributed by atoms with Gasteiger partial charge in [0.1, 0.15) is 0 Å². The standard InChI is InChI=1S/C16H23N3O2/c1-13(20)17-16-5-3-15(4-6-16)7-8-18-9-11-19(12-10-18)14(2)21/h3-6H,7-12H2,1-2H3,(H,17,20). The molecule has 1 fully saturated rings. The number of amides is 2. The largest absolute Gasteiger partial charge is 0.340 e. The molecule has 1 aromatic carbocycles. The van der Waals surface area contributed by atoms with Crippen LogP contribution in [0.25, 0.3) is 0 Å². The number of benzene rings is 1. The van der Waals surface area contributed by atoms with Crippen LogP contribution < -0.4 is 5.32 Å². The summed E-state index contributed by atoms with van der Waals surface area (Å²) < 4.78 is 0. The van der Waals surface area contributed by atoms with Crippen LogP contribution in [0, 0.1) is 0 Å². The molecule has 5 heteroatoms. The van der Waals surface area contributed by atoms with Crippen molar-refractivity contribution in [3.05, 3.63) is 29.8 Å². The maximum absolute atomic E-state index is 11.3. The minimum Gasteiger partial charge on any atom is -0.340 e. The van der Waals surface area contributed by atoms with Gasteiger partial charge in [-0.3, -0.25) is 14.5 Å². The van der Waals surface area contributed by atoms with E-state index in [-0.39, 0.29) is 11.8 Å². The molecule has 1 saturated heterocycles. The molecule has 1 N–H and O–H groups in total. The number of hydrogen-bond acceptors (Lipinski definition) is 3. The molecule has 1 aromatic rings. The fraction of sp³-hybridized carbons (Fsp3) is 0.500. The third-order valence-corrected chi connectivity index (χ3v) is 3.81. The number of carbonyl (C=O) groups is 2. The van der Waals surface area contributed by atoms with Crippen molar-refractivity contribution in [3.8, 4) is 0 Å². The molecule has 2 amide bonds. The first kappa shape index (κ1) is 15.5. The molecule has 1 heterocycles. The fourth-order valence-corrected chi connectivity index (χ4v) is 2.53. The topological polar surface area (TPSA) is 52.7 Å². The molecular weight excluding hydrogens is 266 g/mol. The van der Waals surface area contributed by atoms with Crippen molar-refractivity contribution >= 4 is 17.5 Å². The summed E-state index contributed by atoms with van der Waals surface area (Å²) >= 11 is 0. The second-order valence-electron chi connectivity index (χ2n) is 5.48. The number of anilines is 1. The Morgan fingerprint density at radius 3 is 2.19 bits per heavy atom. The number of nitrogens with zero attached hydrogens (tertiary/aromatic N) is 2. The van der Waals surface area contributed by atoms with Crippen molar-refractivity contribution < 1.29 is 9.59 Å². The lowest BCUT2D eigenvalue weighted by Gasteiger charge is -2.34. The average Bonchev–Trinajstić information content (AvgIpc) is 2.46. The minimum absolute atomic E-state index is 0.0499. The van der Waals surface area contributed by atoms with E-state index in [0.29, 0.717) is 0 Å². The highest BCUT2D eigenvalue weighted by Gasteiger charge is 2.17. The third-order valence-electron chi connectivity index (χ3n) is 3.81. The van der Waals surface area contributed by atoms with Gasteiger partial charge >= 0.3 is 0 Å². The Labute approximate surface area is 125 Å². The number of piperazine rings is 1. The van der Waals surface area contributed by atoms with Gasteiger partial charge < -0.3 is 10.2 Å². The Hall–Kier alpha value is -1.88. The van der Waals surface area contributed by atoms with Gasteiger partial charge in [0, 0.05) is 52.3 Å². The van der Waals surface area contributed by atoms with Gasteiger partial charge in [-0.05, 0) is 24.1 Å². The van der Waals surface area contributed by atoms with E-state index in [4.69, 9.17) is 0 Å². The first-order valence-corrected chi connectivity index (χ1v) is 7.39. The Kier molecular flexibility index (Phi) is 5.33. The summed E-state index contributed by atoms with van der Waals surface area (Å²) in [4.78, 5) is 26.5. The molecule has 0 aromatic heterocycles. The van der Waals surface area contributed by atoms with Gasteiger partial charge in [-0.25, -0.2) is 0 Å². The van der Waals surface area contributed by atoms with Gasteiger partial charge in [0.25, 0.3) is 0 Å². The van der Waals surface area contributed by atoms with Crippen molar-refractivity contribution in [3.63, 3.8) is 0 Å². The minimum atomic E-state index is -0.0499. The molecule has 1 aliphatic heterocycles. The Balaban J connectivity index is 1.76. The van der Waals surface area contributed by atoms with E-state index in [1.807, 2.05) is 17.0 Å². The molecule has 0 atom stereocenters. The van der Waals surface area contributed by atoms with E-state index >= 15 is 0 Å². The van der Waals surface area contributed by atoms with E-state index in [0.717, 1.165) is 44.8 Å². The third kappa shape index (κ3) is 4.86. The maximum Gasteiger partial charge on any atom is 0.221 e. The predicted molar refractivity (Wildman–Crippen MR) is 83.1 cm³/mol. The highest BCUT2D eigenvalue weighted by atomic mass is 16.2. The normalized spacial score (nSPS) is 15.8. The molecule has 0 unspecified atom stereocenters. The van der Waals surface area contributed by atoms with Gasteiger partial charge in [-0.1, -0.05) is 12.1 Å². The number of rotatable bonds is 4.